The lowest BCUT2D eigenvalue weighted by atomic mass is 9.70. The summed E-state index contributed by atoms with van der Waals surface area (Å²) in [6, 6.07) is 73.9. The fourth-order valence-electron chi connectivity index (χ4n) is 10.8. The van der Waals surface area contributed by atoms with Crippen LogP contribution >= 0.6 is 0 Å². The highest BCUT2D eigenvalue weighted by molar-refractivity contribution is 6.12. The lowest BCUT2D eigenvalue weighted by Gasteiger charge is -2.30. The average Bonchev–Trinajstić information content (AvgIpc) is 4.07. The first-order valence-electron chi connectivity index (χ1n) is 21.4. The van der Waals surface area contributed by atoms with E-state index < -0.39 is 5.41 Å². The molecule has 12 aromatic rings. The Balaban J connectivity index is 0.993. The first-order chi connectivity index (χ1) is 31.2. The highest BCUT2D eigenvalue weighted by atomic mass is 16.3. The van der Waals surface area contributed by atoms with Gasteiger partial charge in [-0.2, -0.15) is 0 Å². The summed E-state index contributed by atoms with van der Waals surface area (Å²) in [7, 11) is 0. The number of aromatic nitrogens is 4. The van der Waals surface area contributed by atoms with Crippen LogP contribution in [0.15, 0.2) is 211 Å². The first-order valence-corrected chi connectivity index (χ1v) is 21.4. The molecular formula is C58H34N4O. The van der Waals surface area contributed by atoms with Gasteiger partial charge in [-0.05, 0) is 99.1 Å². The molecule has 0 fully saturated rings. The van der Waals surface area contributed by atoms with Crippen molar-refractivity contribution in [3.63, 3.8) is 0 Å². The molecule has 5 heteroatoms. The number of benzene rings is 9. The molecule has 292 valence electrons. The number of para-hydroxylation sites is 2. The Morgan fingerprint density at radius 3 is 1.62 bits per heavy atom. The van der Waals surface area contributed by atoms with Crippen molar-refractivity contribution in [3.8, 4) is 62.1 Å². The Labute approximate surface area is 362 Å². The van der Waals surface area contributed by atoms with E-state index in [2.05, 4.69) is 162 Å². The van der Waals surface area contributed by atoms with E-state index >= 15 is 0 Å². The van der Waals surface area contributed by atoms with Gasteiger partial charge in [-0.15, -0.1) is 0 Å². The second kappa shape index (κ2) is 12.8. The van der Waals surface area contributed by atoms with E-state index in [1.165, 1.54) is 55.3 Å². The number of hydrogen-bond donors (Lipinski definition) is 0. The summed E-state index contributed by atoms with van der Waals surface area (Å²) in [5, 5.41) is 4.52. The zero-order valence-corrected chi connectivity index (χ0v) is 33.8. The second-order valence-electron chi connectivity index (χ2n) is 16.7. The van der Waals surface area contributed by atoms with E-state index in [0.29, 0.717) is 17.5 Å². The van der Waals surface area contributed by atoms with E-state index in [1.807, 2.05) is 48.5 Å². The van der Waals surface area contributed by atoms with Gasteiger partial charge in [0.05, 0.1) is 16.4 Å². The first kappa shape index (κ1) is 34.3. The van der Waals surface area contributed by atoms with Gasteiger partial charge in [-0.1, -0.05) is 152 Å². The molecule has 1 spiro atoms. The standard InChI is InChI=1S/C58H34N4O/c1-2-15-35(16-3-1)55-59-56(61-57(60-55)37-29-30-54-46(32-37)43-23-8-13-28-53(43)63-54)36-17-14-18-38(31-36)62-51-27-12-7-22-42(51)45-33-44-41-21-6-11-26-49(41)58(50(44)34-52(45)62)47-24-9-4-19-39(47)40-20-5-10-25-48(40)58/h1-34H. The predicted molar refractivity (Wildman–Crippen MR) is 254 cm³/mol. The minimum atomic E-state index is -0.447. The van der Waals surface area contributed by atoms with E-state index in [1.54, 1.807) is 0 Å². The molecule has 2 aliphatic carbocycles. The molecule has 14 rings (SSSR count). The largest absolute Gasteiger partial charge is 0.456 e. The molecule has 63 heavy (non-hydrogen) atoms. The quantitative estimate of drug-likeness (QED) is 0.178. The van der Waals surface area contributed by atoms with Crippen LogP contribution in [0.5, 0.6) is 0 Å². The summed E-state index contributed by atoms with van der Waals surface area (Å²) in [4.78, 5) is 15.5. The molecule has 3 aromatic heterocycles. The Kier molecular flexibility index (Phi) is 6.97. The van der Waals surface area contributed by atoms with Crippen LogP contribution in [-0.4, -0.2) is 19.5 Å². The van der Waals surface area contributed by atoms with Crippen LogP contribution in [0.2, 0.25) is 0 Å². The van der Waals surface area contributed by atoms with E-state index in [4.69, 9.17) is 19.4 Å². The van der Waals surface area contributed by atoms with E-state index in [-0.39, 0.29) is 0 Å². The molecule has 5 nitrogen and oxygen atoms in total. The van der Waals surface area contributed by atoms with E-state index in [9.17, 15) is 0 Å². The van der Waals surface area contributed by atoms with Gasteiger partial charge in [0.15, 0.2) is 17.5 Å². The molecule has 0 N–H and O–H groups in total. The summed E-state index contributed by atoms with van der Waals surface area (Å²) in [5.74, 6) is 1.83. The highest BCUT2D eigenvalue weighted by Gasteiger charge is 2.51. The smallest absolute Gasteiger partial charge is 0.164 e. The van der Waals surface area contributed by atoms with Crippen molar-refractivity contribution < 1.29 is 4.42 Å². The van der Waals surface area contributed by atoms with Crippen LogP contribution in [0, 0.1) is 0 Å². The lowest BCUT2D eigenvalue weighted by molar-refractivity contribution is 0.669. The maximum Gasteiger partial charge on any atom is 0.164 e. The summed E-state index contributed by atoms with van der Waals surface area (Å²) in [6.07, 6.45) is 0. The van der Waals surface area contributed by atoms with E-state index in [0.717, 1.165) is 55.3 Å². The minimum Gasteiger partial charge on any atom is -0.456 e. The van der Waals surface area contributed by atoms with Crippen molar-refractivity contribution in [1.29, 1.82) is 0 Å². The maximum atomic E-state index is 6.18. The SMILES string of the molecule is c1ccc(-c2nc(-c3cccc(-n4c5ccccc5c5cc6c(cc54)C4(c5ccccc5-c5ccccc54)c4ccccc4-6)c3)nc(-c3ccc4oc5ccccc5c4c3)n2)cc1. The third-order valence-electron chi connectivity index (χ3n) is 13.5. The number of fused-ring (bicyclic) bond motifs is 16. The van der Waals surface area contributed by atoms with Gasteiger partial charge in [-0.3, -0.25) is 0 Å². The third-order valence-corrected chi connectivity index (χ3v) is 13.5. The van der Waals surface area contributed by atoms with Crippen LogP contribution in [0.1, 0.15) is 22.3 Å². The van der Waals surface area contributed by atoms with Gasteiger partial charge < -0.3 is 8.98 Å². The van der Waals surface area contributed by atoms with Gasteiger partial charge in [0.25, 0.3) is 0 Å². The Bertz CT molecular complexity index is 3830. The van der Waals surface area contributed by atoms with Crippen molar-refractivity contribution in [3.05, 3.63) is 229 Å². The monoisotopic (exact) mass is 802 g/mol. The lowest BCUT2D eigenvalue weighted by Crippen LogP contribution is -2.25. The highest BCUT2D eigenvalue weighted by Crippen LogP contribution is 2.63. The fourth-order valence-corrected chi connectivity index (χ4v) is 10.8. The Morgan fingerprint density at radius 2 is 0.889 bits per heavy atom. The molecule has 0 saturated heterocycles. The predicted octanol–water partition coefficient (Wildman–Crippen LogP) is 14.2. The molecule has 0 radical (unpaired) electrons. The number of furan rings is 1. The maximum absolute atomic E-state index is 6.18. The molecule has 9 aromatic carbocycles. The number of hydrogen-bond acceptors (Lipinski definition) is 4. The summed E-state index contributed by atoms with van der Waals surface area (Å²) < 4.78 is 8.61. The van der Waals surface area contributed by atoms with Crippen LogP contribution in [0.3, 0.4) is 0 Å². The van der Waals surface area contributed by atoms with Crippen molar-refractivity contribution in [1.82, 2.24) is 19.5 Å². The Hall–Kier alpha value is -8.41. The normalized spacial score (nSPS) is 13.2. The summed E-state index contributed by atoms with van der Waals surface area (Å²) in [5.41, 5.74) is 17.8. The van der Waals surface area contributed by atoms with Gasteiger partial charge in [-0.25, -0.2) is 15.0 Å². The Morgan fingerprint density at radius 1 is 0.333 bits per heavy atom. The summed E-state index contributed by atoms with van der Waals surface area (Å²) in [6.45, 7) is 0. The summed E-state index contributed by atoms with van der Waals surface area (Å²) >= 11 is 0. The van der Waals surface area contributed by atoms with Crippen molar-refractivity contribution in [2.45, 2.75) is 5.41 Å². The topological polar surface area (TPSA) is 56.7 Å². The fraction of sp³-hybridized carbons (Fsp3) is 0.0172. The van der Waals surface area contributed by atoms with Crippen molar-refractivity contribution >= 4 is 43.7 Å². The average molecular weight is 803 g/mol. The minimum absolute atomic E-state index is 0.447. The molecule has 0 unspecified atom stereocenters. The molecule has 0 saturated carbocycles. The van der Waals surface area contributed by atoms with Crippen LogP contribution in [-0.2, 0) is 5.41 Å². The molecule has 0 amide bonds. The zero-order valence-electron chi connectivity index (χ0n) is 33.8. The van der Waals surface area contributed by atoms with Gasteiger partial charge >= 0.3 is 0 Å². The number of nitrogens with zero attached hydrogens (tertiary/aromatic N) is 4. The van der Waals surface area contributed by atoms with Crippen LogP contribution in [0.25, 0.3) is 106 Å². The zero-order chi connectivity index (χ0) is 41.2. The molecule has 3 heterocycles. The van der Waals surface area contributed by atoms with Crippen molar-refractivity contribution in [2.75, 3.05) is 0 Å². The third kappa shape index (κ3) is 4.73. The molecule has 0 atom stereocenters. The molecular weight excluding hydrogens is 769 g/mol. The van der Waals surface area contributed by atoms with Crippen LogP contribution in [0.4, 0.5) is 0 Å². The van der Waals surface area contributed by atoms with Gasteiger partial charge in [0, 0.05) is 43.9 Å². The van der Waals surface area contributed by atoms with Gasteiger partial charge in [0.1, 0.15) is 11.2 Å². The van der Waals surface area contributed by atoms with Crippen molar-refractivity contribution in [2.24, 2.45) is 0 Å². The second-order valence-corrected chi connectivity index (χ2v) is 16.7. The van der Waals surface area contributed by atoms with Crippen LogP contribution < -0.4 is 0 Å². The molecule has 2 aliphatic rings. The van der Waals surface area contributed by atoms with Gasteiger partial charge in [0.2, 0.25) is 0 Å². The molecule has 0 aliphatic heterocycles. The number of rotatable bonds is 4. The molecule has 0 bridgehead atoms.